The average Bonchev–Trinajstić information content (AvgIpc) is 3.36. The Hall–Kier alpha value is -1.97. The van der Waals surface area contributed by atoms with Crippen LogP contribution in [0.5, 0.6) is 0 Å². The van der Waals surface area contributed by atoms with E-state index in [1.807, 2.05) is 30.5 Å². The Morgan fingerprint density at radius 2 is 2.08 bits per heavy atom. The van der Waals surface area contributed by atoms with E-state index in [1.165, 1.54) is 16.6 Å². The number of thiophene rings is 2. The van der Waals surface area contributed by atoms with Gasteiger partial charge in [-0.1, -0.05) is 29.1 Å². The topological polar surface area (TPSA) is 80.5 Å². The van der Waals surface area contributed by atoms with E-state index in [9.17, 15) is 0 Å². The Bertz CT molecular complexity index is 898. The molecule has 4 heterocycles. The van der Waals surface area contributed by atoms with Gasteiger partial charge in [-0.3, -0.25) is 5.10 Å². The van der Waals surface area contributed by atoms with Gasteiger partial charge < -0.3 is 4.52 Å². The fraction of sp³-hybridized carbons (Fsp3) is 0.200. The van der Waals surface area contributed by atoms with Crippen molar-refractivity contribution in [3.63, 3.8) is 0 Å². The molecule has 4 aromatic rings. The quantitative estimate of drug-likeness (QED) is 0.502. The van der Waals surface area contributed by atoms with E-state index in [0.29, 0.717) is 16.9 Å². The second-order valence-corrected chi connectivity index (χ2v) is 8.30. The SMILES string of the molecule is CC(Sc1n[nH]c(Cc2cccs2)n1)c1nc(-c2cccs2)no1. The fourth-order valence-electron chi connectivity index (χ4n) is 2.10. The van der Waals surface area contributed by atoms with Crippen LogP contribution in [0, 0.1) is 0 Å². The highest BCUT2D eigenvalue weighted by Crippen LogP contribution is 2.33. The Labute approximate surface area is 150 Å². The lowest BCUT2D eigenvalue weighted by atomic mass is 10.3. The minimum atomic E-state index is -0.0170. The monoisotopic (exact) mass is 375 g/mol. The Morgan fingerprint density at radius 1 is 1.21 bits per heavy atom. The van der Waals surface area contributed by atoms with E-state index in [2.05, 4.69) is 36.8 Å². The normalized spacial score (nSPS) is 12.5. The highest BCUT2D eigenvalue weighted by Gasteiger charge is 2.19. The molecule has 0 aliphatic rings. The van der Waals surface area contributed by atoms with E-state index in [1.54, 1.807) is 22.7 Å². The molecule has 1 atom stereocenters. The molecule has 0 saturated heterocycles. The molecule has 0 fully saturated rings. The molecule has 0 saturated carbocycles. The zero-order chi connectivity index (χ0) is 16.4. The maximum atomic E-state index is 5.38. The van der Waals surface area contributed by atoms with Gasteiger partial charge in [-0.05, 0) is 29.8 Å². The number of nitrogens with one attached hydrogen (secondary N) is 1. The number of rotatable bonds is 6. The van der Waals surface area contributed by atoms with Crippen LogP contribution in [-0.2, 0) is 6.42 Å². The first-order valence-electron chi connectivity index (χ1n) is 7.26. The molecule has 0 spiro atoms. The second-order valence-electron chi connectivity index (χ2n) is 5.01. The molecule has 0 aliphatic carbocycles. The van der Waals surface area contributed by atoms with Gasteiger partial charge in [0.2, 0.25) is 16.9 Å². The first kappa shape index (κ1) is 15.6. The first-order valence-corrected chi connectivity index (χ1v) is 9.89. The van der Waals surface area contributed by atoms with Gasteiger partial charge in [0.25, 0.3) is 0 Å². The van der Waals surface area contributed by atoms with Gasteiger partial charge in [0.15, 0.2) is 0 Å². The lowest BCUT2D eigenvalue weighted by Crippen LogP contribution is -1.90. The van der Waals surface area contributed by atoms with Crippen molar-refractivity contribution >= 4 is 34.4 Å². The number of nitrogens with zero attached hydrogens (tertiary/aromatic N) is 4. The van der Waals surface area contributed by atoms with Gasteiger partial charge in [0, 0.05) is 11.3 Å². The van der Waals surface area contributed by atoms with E-state index < -0.39 is 0 Å². The van der Waals surface area contributed by atoms with Gasteiger partial charge in [-0.15, -0.1) is 27.8 Å². The summed E-state index contributed by atoms with van der Waals surface area (Å²) in [7, 11) is 0. The predicted octanol–water partition coefficient (Wildman–Crippen LogP) is 4.42. The number of hydrogen-bond donors (Lipinski definition) is 1. The number of hydrogen-bond acceptors (Lipinski definition) is 8. The van der Waals surface area contributed by atoms with E-state index in [4.69, 9.17) is 4.52 Å². The molecule has 9 heteroatoms. The van der Waals surface area contributed by atoms with Gasteiger partial charge in [0.05, 0.1) is 10.1 Å². The molecule has 0 amide bonds. The van der Waals surface area contributed by atoms with Gasteiger partial charge in [-0.25, -0.2) is 4.98 Å². The highest BCUT2D eigenvalue weighted by molar-refractivity contribution is 7.99. The average molecular weight is 376 g/mol. The molecule has 0 radical (unpaired) electrons. The molecule has 24 heavy (non-hydrogen) atoms. The number of aromatic amines is 1. The molecule has 6 nitrogen and oxygen atoms in total. The lowest BCUT2D eigenvalue weighted by Gasteiger charge is -2.01. The molecule has 0 aromatic carbocycles. The van der Waals surface area contributed by atoms with Crippen molar-refractivity contribution in [3.8, 4) is 10.7 Å². The third-order valence-corrected chi connectivity index (χ3v) is 5.94. The largest absolute Gasteiger partial charge is 0.338 e. The maximum absolute atomic E-state index is 5.38. The standard InChI is InChI=1S/C15H13N5OS3/c1-9(14-17-13(20-21-14)11-5-3-7-23-11)24-15-16-12(18-19-15)8-10-4-2-6-22-10/h2-7,9H,8H2,1H3,(H,16,18,19). The first-order chi connectivity index (χ1) is 11.8. The third kappa shape index (κ3) is 3.42. The molecule has 4 rings (SSSR count). The zero-order valence-corrected chi connectivity index (χ0v) is 15.1. The summed E-state index contributed by atoms with van der Waals surface area (Å²) in [5, 5.41) is 16.0. The summed E-state index contributed by atoms with van der Waals surface area (Å²) in [4.78, 5) is 11.2. The molecule has 1 N–H and O–H groups in total. The Morgan fingerprint density at radius 3 is 2.88 bits per heavy atom. The van der Waals surface area contributed by atoms with Crippen LogP contribution in [0.2, 0.25) is 0 Å². The number of H-pyrrole nitrogens is 1. The summed E-state index contributed by atoms with van der Waals surface area (Å²) in [5.74, 6) is 2.06. The summed E-state index contributed by atoms with van der Waals surface area (Å²) in [5.41, 5.74) is 0. The van der Waals surface area contributed by atoms with Crippen LogP contribution >= 0.6 is 34.4 Å². The second kappa shape index (κ2) is 6.88. The minimum Gasteiger partial charge on any atom is -0.338 e. The third-order valence-electron chi connectivity index (χ3n) is 3.25. The molecule has 0 aliphatic heterocycles. The fourth-order valence-corrected chi connectivity index (χ4v) is 4.23. The van der Waals surface area contributed by atoms with Gasteiger partial charge >= 0.3 is 0 Å². The van der Waals surface area contributed by atoms with Gasteiger partial charge in [0.1, 0.15) is 5.82 Å². The van der Waals surface area contributed by atoms with Crippen LogP contribution in [0.3, 0.4) is 0 Å². The zero-order valence-electron chi connectivity index (χ0n) is 12.7. The van der Waals surface area contributed by atoms with Crippen LogP contribution in [-0.4, -0.2) is 25.3 Å². The minimum absolute atomic E-state index is 0.0170. The van der Waals surface area contributed by atoms with Crippen LogP contribution in [0.4, 0.5) is 0 Å². The highest BCUT2D eigenvalue weighted by atomic mass is 32.2. The molecular weight excluding hydrogens is 362 g/mol. The van der Waals surface area contributed by atoms with Crippen LogP contribution in [0.15, 0.2) is 44.7 Å². The van der Waals surface area contributed by atoms with Crippen molar-refractivity contribution in [2.24, 2.45) is 0 Å². The predicted molar refractivity (Wildman–Crippen MR) is 95.4 cm³/mol. The van der Waals surface area contributed by atoms with Crippen molar-refractivity contribution in [3.05, 3.63) is 51.6 Å². The van der Waals surface area contributed by atoms with E-state index in [-0.39, 0.29) is 5.25 Å². The van der Waals surface area contributed by atoms with Crippen molar-refractivity contribution < 1.29 is 4.52 Å². The van der Waals surface area contributed by atoms with Crippen LogP contribution in [0.1, 0.15) is 28.8 Å². The molecule has 4 aromatic heterocycles. The number of aromatic nitrogens is 5. The summed E-state index contributed by atoms with van der Waals surface area (Å²) in [6.45, 7) is 2.01. The summed E-state index contributed by atoms with van der Waals surface area (Å²) in [6, 6.07) is 8.07. The van der Waals surface area contributed by atoms with Crippen molar-refractivity contribution in [1.82, 2.24) is 25.3 Å². The molecular formula is C15H13N5OS3. The summed E-state index contributed by atoms with van der Waals surface area (Å²) in [6.07, 6.45) is 0.767. The molecule has 0 bridgehead atoms. The van der Waals surface area contributed by atoms with E-state index in [0.717, 1.165) is 17.1 Å². The van der Waals surface area contributed by atoms with Gasteiger partial charge in [-0.2, -0.15) is 4.98 Å². The Kier molecular flexibility index (Phi) is 4.46. The molecule has 122 valence electrons. The van der Waals surface area contributed by atoms with Crippen LogP contribution in [0.25, 0.3) is 10.7 Å². The van der Waals surface area contributed by atoms with E-state index >= 15 is 0 Å². The van der Waals surface area contributed by atoms with Crippen molar-refractivity contribution in [1.29, 1.82) is 0 Å². The summed E-state index contributed by atoms with van der Waals surface area (Å²) >= 11 is 4.80. The maximum Gasteiger partial charge on any atom is 0.240 e. The number of thioether (sulfide) groups is 1. The van der Waals surface area contributed by atoms with Crippen molar-refractivity contribution in [2.75, 3.05) is 0 Å². The van der Waals surface area contributed by atoms with Crippen LogP contribution < -0.4 is 0 Å². The van der Waals surface area contributed by atoms with Crippen molar-refractivity contribution in [2.45, 2.75) is 23.8 Å². The lowest BCUT2D eigenvalue weighted by molar-refractivity contribution is 0.381. The smallest absolute Gasteiger partial charge is 0.240 e. The Balaban J connectivity index is 1.42. The summed E-state index contributed by atoms with van der Waals surface area (Å²) < 4.78 is 5.38. The molecule has 1 unspecified atom stereocenters.